The van der Waals surface area contributed by atoms with E-state index in [1.165, 1.54) is 6.20 Å². The summed E-state index contributed by atoms with van der Waals surface area (Å²) >= 11 is 0. The lowest BCUT2D eigenvalue weighted by molar-refractivity contribution is 0.0948. The Labute approximate surface area is 171 Å². The Morgan fingerprint density at radius 2 is 1.62 bits per heavy atom. The standard InChI is InChI=1S/C22H23N3O3S/c1-25(2)18-13-11-17(12-14-18)21(29(27,28)19-8-4-3-5-9-19)16-24-22(26)20-10-6-7-15-23-20/h3-15,21H,16H2,1-2H3,(H,24,26)/t21-/m0/s1. The van der Waals surface area contributed by atoms with Crippen molar-refractivity contribution >= 4 is 21.4 Å². The van der Waals surface area contributed by atoms with E-state index in [-0.39, 0.29) is 17.1 Å². The predicted molar refractivity (Wildman–Crippen MR) is 114 cm³/mol. The first-order chi connectivity index (χ1) is 13.9. The van der Waals surface area contributed by atoms with Crippen LogP contribution in [0, 0.1) is 0 Å². The lowest BCUT2D eigenvalue weighted by Gasteiger charge is -2.20. The summed E-state index contributed by atoms with van der Waals surface area (Å²) in [7, 11) is 0.120. The van der Waals surface area contributed by atoms with Gasteiger partial charge in [-0.3, -0.25) is 9.78 Å². The van der Waals surface area contributed by atoms with Gasteiger partial charge in [-0.1, -0.05) is 36.4 Å². The highest BCUT2D eigenvalue weighted by atomic mass is 32.2. The Hall–Kier alpha value is -3.19. The van der Waals surface area contributed by atoms with E-state index in [0.29, 0.717) is 5.56 Å². The lowest BCUT2D eigenvalue weighted by atomic mass is 10.1. The molecular formula is C22H23N3O3S. The largest absolute Gasteiger partial charge is 0.378 e. The van der Waals surface area contributed by atoms with Crippen LogP contribution >= 0.6 is 0 Å². The van der Waals surface area contributed by atoms with Crippen LogP contribution in [0.25, 0.3) is 0 Å². The Kier molecular flexibility index (Phi) is 6.29. The third-order valence-electron chi connectivity index (χ3n) is 4.57. The van der Waals surface area contributed by atoms with Gasteiger partial charge in [-0.05, 0) is 42.0 Å². The van der Waals surface area contributed by atoms with Gasteiger partial charge in [-0.15, -0.1) is 0 Å². The molecule has 0 unspecified atom stereocenters. The minimum absolute atomic E-state index is 0.0616. The fourth-order valence-electron chi connectivity index (χ4n) is 2.94. The van der Waals surface area contributed by atoms with Crippen molar-refractivity contribution in [2.45, 2.75) is 10.1 Å². The zero-order chi connectivity index (χ0) is 20.9. The molecule has 0 aliphatic heterocycles. The number of amides is 1. The quantitative estimate of drug-likeness (QED) is 0.649. The number of carbonyl (C=O) groups excluding carboxylic acids is 1. The van der Waals surface area contributed by atoms with Crippen LogP contribution in [0.3, 0.4) is 0 Å². The van der Waals surface area contributed by atoms with Crippen LogP contribution in [0.4, 0.5) is 5.69 Å². The van der Waals surface area contributed by atoms with Crippen molar-refractivity contribution in [1.29, 1.82) is 0 Å². The van der Waals surface area contributed by atoms with Crippen molar-refractivity contribution in [2.75, 3.05) is 25.5 Å². The van der Waals surface area contributed by atoms with E-state index >= 15 is 0 Å². The van der Waals surface area contributed by atoms with Crippen LogP contribution in [-0.2, 0) is 9.84 Å². The van der Waals surface area contributed by atoms with Crippen molar-refractivity contribution in [3.63, 3.8) is 0 Å². The molecule has 1 aromatic heterocycles. The minimum atomic E-state index is -3.71. The number of hydrogen-bond acceptors (Lipinski definition) is 5. The maximum Gasteiger partial charge on any atom is 0.269 e. The van der Waals surface area contributed by atoms with Crippen LogP contribution in [0.2, 0.25) is 0 Å². The SMILES string of the molecule is CN(C)c1ccc([C@H](CNC(=O)c2ccccn2)S(=O)(=O)c2ccccc2)cc1. The van der Waals surface area contributed by atoms with Crippen LogP contribution < -0.4 is 10.2 Å². The van der Waals surface area contributed by atoms with Gasteiger partial charge in [-0.2, -0.15) is 0 Å². The maximum atomic E-state index is 13.3. The number of hydrogen-bond donors (Lipinski definition) is 1. The van der Waals surface area contributed by atoms with E-state index in [0.717, 1.165) is 5.69 Å². The molecule has 0 aliphatic carbocycles. The summed E-state index contributed by atoms with van der Waals surface area (Å²) in [5, 5.41) is 1.80. The number of pyridine rings is 1. The van der Waals surface area contributed by atoms with Gasteiger partial charge in [0.15, 0.2) is 9.84 Å². The highest BCUT2D eigenvalue weighted by Gasteiger charge is 2.29. The number of sulfone groups is 1. The molecule has 0 saturated carbocycles. The molecule has 0 spiro atoms. The first kappa shape index (κ1) is 20.5. The molecule has 0 fully saturated rings. The molecule has 2 aromatic carbocycles. The van der Waals surface area contributed by atoms with Gasteiger partial charge in [0, 0.05) is 32.5 Å². The minimum Gasteiger partial charge on any atom is -0.378 e. The number of nitrogens with zero attached hydrogens (tertiary/aromatic N) is 2. The summed E-state index contributed by atoms with van der Waals surface area (Å²) in [4.78, 5) is 18.6. The van der Waals surface area contributed by atoms with E-state index < -0.39 is 21.0 Å². The molecular weight excluding hydrogens is 386 g/mol. The van der Waals surface area contributed by atoms with Gasteiger partial charge >= 0.3 is 0 Å². The molecule has 1 N–H and O–H groups in total. The summed E-state index contributed by atoms with van der Waals surface area (Å²) < 4.78 is 26.6. The highest BCUT2D eigenvalue weighted by molar-refractivity contribution is 7.91. The molecule has 1 heterocycles. The van der Waals surface area contributed by atoms with Crippen LogP contribution in [0.5, 0.6) is 0 Å². The third-order valence-corrected chi connectivity index (χ3v) is 6.69. The average Bonchev–Trinajstić information content (AvgIpc) is 2.75. The molecule has 150 valence electrons. The predicted octanol–water partition coefficient (Wildman–Crippen LogP) is 3.09. The van der Waals surface area contributed by atoms with Crippen LogP contribution in [0.15, 0.2) is 83.9 Å². The summed E-state index contributed by atoms with van der Waals surface area (Å²) in [5.74, 6) is -0.413. The topological polar surface area (TPSA) is 79.4 Å². The molecule has 0 radical (unpaired) electrons. The first-order valence-corrected chi connectivity index (χ1v) is 10.7. The van der Waals surface area contributed by atoms with Crippen molar-refractivity contribution in [3.8, 4) is 0 Å². The van der Waals surface area contributed by atoms with E-state index in [1.54, 1.807) is 60.7 Å². The second-order valence-corrected chi connectivity index (χ2v) is 8.89. The highest BCUT2D eigenvalue weighted by Crippen LogP contribution is 2.29. The molecule has 0 saturated heterocycles. The molecule has 1 amide bonds. The van der Waals surface area contributed by atoms with Crippen LogP contribution in [0.1, 0.15) is 21.3 Å². The normalized spacial score (nSPS) is 12.2. The van der Waals surface area contributed by atoms with Crippen LogP contribution in [-0.4, -0.2) is 39.9 Å². The number of anilines is 1. The van der Waals surface area contributed by atoms with E-state index in [2.05, 4.69) is 10.3 Å². The summed E-state index contributed by atoms with van der Waals surface area (Å²) in [6.45, 7) is -0.0616. The Morgan fingerprint density at radius 1 is 0.966 bits per heavy atom. The molecule has 6 nitrogen and oxygen atoms in total. The monoisotopic (exact) mass is 409 g/mol. The fourth-order valence-corrected chi connectivity index (χ4v) is 4.62. The molecule has 29 heavy (non-hydrogen) atoms. The Morgan fingerprint density at radius 3 is 2.21 bits per heavy atom. The molecule has 1 atom stereocenters. The third kappa shape index (κ3) is 4.81. The van der Waals surface area contributed by atoms with Gasteiger partial charge in [0.2, 0.25) is 0 Å². The van der Waals surface area contributed by atoms with Crippen molar-refractivity contribution < 1.29 is 13.2 Å². The summed E-state index contributed by atoms with van der Waals surface area (Å²) in [6.07, 6.45) is 1.52. The molecule has 7 heteroatoms. The van der Waals surface area contributed by atoms with E-state index in [1.807, 2.05) is 31.1 Å². The van der Waals surface area contributed by atoms with Gasteiger partial charge in [-0.25, -0.2) is 8.42 Å². The second-order valence-electron chi connectivity index (χ2n) is 6.76. The summed E-state index contributed by atoms with van der Waals surface area (Å²) in [6, 6.07) is 20.6. The van der Waals surface area contributed by atoms with Gasteiger partial charge in [0.05, 0.1) is 4.90 Å². The zero-order valence-electron chi connectivity index (χ0n) is 16.3. The smallest absolute Gasteiger partial charge is 0.269 e. The number of nitrogens with one attached hydrogen (secondary N) is 1. The number of benzene rings is 2. The van der Waals surface area contributed by atoms with Crippen molar-refractivity contribution in [2.24, 2.45) is 0 Å². The van der Waals surface area contributed by atoms with E-state index in [9.17, 15) is 13.2 Å². The van der Waals surface area contributed by atoms with Gasteiger partial charge < -0.3 is 10.2 Å². The number of aromatic nitrogens is 1. The second kappa shape index (κ2) is 8.87. The zero-order valence-corrected chi connectivity index (χ0v) is 17.1. The Bertz CT molecular complexity index is 1050. The maximum absolute atomic E-state index is 13.3. The fraction of sp³-hybridized carbons (Fsp3) is 0.182. The number of rotatable bonds is 7. The average molecular weight is 410 g/mol. The van der Waals surface area contributed by atoms with Crippen molar-refractivity contribution in [3.05, 3.63) is 90.3 Å². The molecule has 0 aliphatic rings. The first-order valence-electron chi connectivity index (χ1n) is 9.15. The van der Waals surface area contributed by atoms with Gasteiger partial charge in [0.1, 0.15) is 10.9 Å². The lowest BCUT2D eigenvalue weighted by Crippen LogP contribution is -2.32. The molecule has 3 rings (SSSR count). The Balaban J connectivity index is 1.92. The van der Waals surface area contributed by atoms with Crippen molar-refractivity contribution in [1.82, 2.24) is 10.3 Å². The summed E-state index contributed by atoms with van der Waals surface area (Å²) in [5.41, 5.74) is 1.81. The number of carbonyl (C=O) groups is 1. The molecule has 3 aromatic rings. The molecule has 0 bridgehead atoms. The van der Waals surface area contributed by atoms with E-state index in [4.69, 9.17) is 0 Å². The van der Waals surface area contributed by atoms with Gasteiger partial charge in [0.25, 0.3) is 5.91 Å².